The first-order valence-electron chi connectivity index (χ1n) is 5.56. The van der Waals surface area contributed by atoms with E-state index in [4.69, 9.17) is 4.74 Å². The molecule has 2 heterocycles. The first kappa shape index (κ1) is 12.1. The zero-order valence-electron chi connectivity index (χ0n) is 9.67. The van der Waals surface area contributed by atoms with Gasteiger partial charge in [0.25, 0.3) is 0 Å². The molecule has 2 aromatic rings. The molecule has 0 amide bonds. The summed E-state index contributed by atoms with van der Waals surface area (Å²) in [5, 5.41) is 14.1. The van der Waals surface area contributed by atoms with Crippen LogP contribution in [-0.4, -0.2) is 16.7 Å². The normalized spacial score (nSPS) is 12.4. The van der Waals surface area contributed by atoms with Crippen LogP contribution < -0.4 is 4.74 Å². The molecule has 0 spiro atoms. The minimum Gasteiger partial charge on any atom is -0.492 e. The summed E-state index contributed by atoms with van der Waals surface area (Å²) in [5.74, 6) is 0.703. The van der Waals surface area contributed by atoms with Crippen LogP contribution in [-0.2, 0) is 6.42 Å². The van der Waals surface area contributed by atoms with Crippen LogP contribution in [0, 0.1) is 0 Å². The zero-order valence-corrected chi connectivity index (χ0v) is 10.5. The third kappa shape index (κ3) is 3.28. The van der Waals surface area contributed by atoms with E-state index in [1.165, 1.54) is 0 Å². The Hall–Kier alpha value is -1.39. The molecule has 3 nitrogen and oxygen atoms in total. The Balaban J connectivity index is 2.07. The molecular formula is C13H15NO2S. The summed E-state index contributed by atoms with van der Waals surface area (Å²) in [6, 6.07) is 3.86. The van der Waals surface area contributed by atoms with Gasteiger partial charge in [-0.15, -0.1) is 0 Å². The van der Waals surface area contributed by atoms with Gasteiger partial charge in [0.2, 0.25) is 0 Å². The molecule has 1 N–H and O–H groups in total. The summed E-state index contributed by atoms with van der Waals surface area (Å²) in [6.45, 7) is 2.53. The lowest BCUT2D eigenvalue weighted by Gasteiger charge is -2.11. The third-order valence-corrected chi connectivity index (χ3v) is 3.17. The number of aromatic nitrogens is 1. The van der Waals surface area contributed by atoms with Crippen molar-refractivity contribution in [2.24, 2.45) is 0 Å². The van der Waals surface area contributed by atoms with E-state index in [-0.39, 0.29) is 0 Å². The van der Waals surface area contributed by atoms with E-state index in [1.807, 2.05) is 29.8 Å². The van der Waals surface area contributed by atoms with Crippen molar-refractivity contribution >= 4 is 11.3 Å². The molecule has 4 heteroatoms. The van der Waals surface area contributed by atoms with Gasteiger partial charge in [-0.2, -0.15) is 11.3 Å². The fraction of sp³-hybridized carbons (Fsp3) is 0.308. The molecule has 1 atom stereocenters. The van der Waals surface area contributed by atoms with E-state index >= 15 is 0 Å². The van der Waals surface area contributed by atoms with Crippen LogP contribution in [0.25, 0.3) is 0 Å². The molecule has 0 aromatic carbocycles. The van der Waals surface area contributed by atoms with Crippen molar-refractivity contribution in [1.29, 1.82) is 0 Å². The second-order valence-electron chi connectivity index (χ2n) is 3.74. The van der Waals surface area contributed by atoms with Gasteiger partial charge in [-0.05, 0) is 35.4 Å². The fourth-order valence-corrected chi connectivity index (χ4v) is 2.29. The van der Waals surface area contributed by atoms with Gasteiger partial charge >= 0.3 is 0 Å². The zero-order chi connectivity index (χ0) is 12.1. The van der Waals surface area contributed by atoms with Gasteiger partial charge in [-0.25, -0.2) is 0 Å². The van der Waals surface area contributed by atoms with Crippen LogP contribution in [0.4, 0.5) is 0 Å². The van der Waals surface area contributed by atoms with Crippen LogP contribution >= 0.6 is 11.3 Å². The number of aliphatic hydroxyl groups excluding tert-OH is 1. The third-order valence-electron chi connectivity index (χ3n) is 2.44. The summed E-state index contributed by atoms with van der Waals surface area (Å²) in [6.07, 6.45) is 3.42. The van der Waals surface area contributed by atoms with Crippen molar-refractivity contribution in [3.63, 3.8) is 0 Å². The summed E-state index contributed by atoms with van der Waals surface area (Å²) in [5.41, 5.74) is 1.94. The molecular weight excluding hydrogens is 234 g/mol. The van der Waals surface area contributed by atoms with Gasteiger partial charge in [0.05, 0.1) is 18.9 Å². The van der Waals surface area contributed by atoms with Crippen LogP contribution in [0.2, 0.25) is 0 Å². The Morgan fingerprint density at radius 1 is 1.47 bits per heavy atom. The monoisotopic (exact) mass is 249 g/mol. The lowest BCUT2D eigenvalue weighted by Crippen LogP contribution is -2.02. The molecule has 2 aromatic heterocycles. The lowest BCUT2D eigenvalue weighted by atomic mass is 10.1. The minimum atomic E-state index is -0.530. The number of thiophene rings is 1. The topological polar surface area (TPSA) is 42.4 Å². The first-order valence-corrected chi connectivity index (χ1v) is 6.50. The maximum Gasteiger partial charge on any atom is 0.137 e. The highest BCUT2D eigenvalue weighted by atomic mass is 32.1. The first-order chi connectivity index (χ1) is 8.29. The molecule has 0 aliphatic carbocycles. The predicted octanol–water partition coefficient (Wildman–Crippen LogP) is 2.82. The van der Waals surface area contributed by atoms with E-state index in [0.29, 0.717) is 18.8 Å². The summed E-state index contributed by atoms with van der Waals surface area (Å²) < 4.78 is 5.36. The molecule has 0 radical (unpaired) electrons. The summed E-state index contributed by atoms with van der Waals surface area (Å²) in [4.78, 5) is 4.07. The van der Waals surface area contributed by atoms with Crippen LogP contribution in [0.1, 0.15) is 24.2 Å². The lowest BCUT2D eigenvalue weighted by molar-refractivity contribution is 0.177. The van der Waals surface area contributed by atoms with E-state index in [1.54, 1.807) is 23.7 Å². The summed E-state index contributed by atoms with van der Waals surface area (Å²) >= 11 is 1.64. The van der Waals surface area contributed by atoms with Gasteiger partial charge in [-0.3, -0.25) is 4.98 Å². The van der Waals surface area contributed by atoms with Crippen LogP contribution in [0.15, 0.2) is 35.3 Å². The van der Waals surface area contributed by atoms with E-state index in [0.717, 1.165) is 11.1 Å². The molecule has 90 valence electrons. The molecule has 2 rings (SSSR count). The largest absolute Gasteiger partial charge is 0.492 e. The number of hydrogen-bond donors (Lipinski definition) is 1. The molecule has 0 bridgehead atoms. The summed E-state index contributed by atoms with van der Waals surface area (Å²) in [7, 11) is 0. The molecule has 0 saturated heterocycles. The molecule has 0 saturated carbocycles. The maximum absolute atomic E-state index is 10.1. The van der Waals surface area contributed by atoms with Gasteiger partial charge in [0.1, 0.15) is 5.75 Å². The number of hydrogen-bond acceptors (Lipinski definition) is 4. The second kappa shape index (κ2) is 5.80. The Labute approximate surface area is 105 Å². The van der Waals surface area contributed by atoms with Gasteiger partial charge in [0.15, 0.2) is 0 Å². The number of ether oxygens (including phenoxy) is 1. The Bertz CT molecular complexity index is 456. The molecule has 0 aliphatic heterocycles. The van der Waals surface area contributed by atoms with Gasteiger partial charge in [0, 0.05) is 18.2 Å². The van der Waals surface area contributed by atoms with Crippen molar-refractivity contribution < 1.29 is 9.84 Å². The Morgan fingerprint density at radius 2 is 2.35 bits per heavy atom. The van der Waals surface area contributed by atoms with E-state index < -0.39 is 6.10 Å². The Morgan fingerprint density at radius 3 is 3.06 bits per heavy atom. The Kier molecular flexibility index (Phi) is 4.12. The fourth-order valence-electron chi connectivity index (χ4n) is 1.61. The number of rotatable bonds is 5. The number of pyridine rings is 1. The van der Waals surface area contributed by atoms with Crippen LogP contribution in [0.3, 0.4) is 0 Å². The number of nitrogens with zero attached hydrogens (tertiary/aromatic N) is 1. The van der Waals surface area contributed by atoms with Crippen LogP contribution in [0.5, 0.6) is 5.75 Å². The van der Waals surface area contributed by atoms with Crippen molar-refractivity contribution in [2.45, 2.75) is 19.4 Å². The molecule has 17 heavy (non-hydrogen) atoms. The SMILES string of the molecule is CCOc1cncc(C(O)Cc2ccsc2)c1. The van der Waals surface area contributed by atoms with Gasteiger partial charge in [-0.1, -0.05) is 0 Å². The van der Waals surface area contributed by atoms with E-state index in [2.05, 4.69) is 4.98 Å². The van der Waals surface area contributed by atoms with Crippen molar-refractivity contribution in [1.82, 2.24) is 4.98 Å². The van der Waals surface area contributed by atoms with Crippen molar-refractivity contribution in [2.75, 3.05) is 6.61 Å². The minimum absolute atomic E-state index is 0.530. The van der Waals surface area contributed by atoms with Crippen molar-refractivity contribution in [3.8, 4) is 5.75 Å². The molecule has 0 aliphatic rings. The average molecular weight is 249 g/mol. The highest BCUT2D eigenvalue weighted by Gasteiger charge is 2.10. The van der Waals surface area contributed by atoms with Crippen molar-refractivity contribution in [3.05, 3.63) is 46.4 Å². The quantitative estimate of drug-likeness (QED) is 0.886. The maximum atomic E-state index is 10.1. The predicted molar refractivity (Wildman–Crippen MR) is 68.4 cm³/mol. The second-order valence-corrected chi connectivity index (χ2v) is 4.52. The number of aliphatic hydroxyl groups is 1. The standard InChI is InChI=1S/C13H15NO2S/c1-2-16-12-6-11(7-14-8-12)13(15)5-10-3-4-17-9-10/h3-4,6-9,13,15H,2,5H2,1H3. The van der Waals surface area contributed by atoms with E-state index in [9.17, 15) is 5.11 Å². The molecule has 1 unspecified atom stereocenters. The van der Waals surface area contributed by atoms with Gasteiger partial charge < -0.3 is 9.84 Å². The smallest absolute Gasteiger partial charge is 0.137 e. The molecule has 0 fully saturated rings. The highest BCUT2D eigenvalue weighted by molar-refractivity contribution is 7.07. The highest BCUT2D eigenvalue weighted by Crippen LogP contribution is 2.22. The average Bonchev–Trinajstić information content (AvgIpc) is 2.83.